The van der Waals surface area contributed by atoms with Crippen LogP contribution >= 0.6 is 0 Å². The molecule has 0 aromatic heterocycles. The third kappa shape index (κ3) is 6.29. The first-order valence-corrected chi connectivity index (χ1v) is 7.69. The maximum Gasteiger partial charge on any atom is 0.339 e. The molecule has 2 aromatic rings. The summed E-state index contributed by atoms with van der Waals surface area (Å²) in [6.45, 7) is 1.22. The van der Waals surface area contributed by atoms with E-state index in [2.05, 4.69) is 4.74 Å². The summed E-state index contributed by atoms with van der Waals surface area (Å²) in [6, 6.07) is 13.4. The number of carboxylic acid groups (broad SMARTS) is 1. The number of aromatic carboxylic acids is 1. The first kappa shape index (κ1) is 18.3. The minimum absolute atomic E-state index is 0.0160. The minimum Gasteiger partial charge on any atom is -0.478 e. The maximum atomic E-state index is 10.6. The van der Waals surface area contributed by atoms with Gasteiger partial charge in [0, 0.05) is 6.92 Å². The van der Waals surface area contributed by atoms with Gasteiger partial charge in [-0.05, 0) is 24.3 Å². The Hall–Kier alpha value is -2.71. The molecule has 0 bridgehead atoms. The van der Waals surface area contributed by atoms with Crippen LogP contribution in [-0.4, -0.2) is 30.0 Å². The van der Waals surface area contributed by atoms with E-state index >= 15 is 0 Å². The zero-order valence-electron chi connectivity index (χ0n) is 12.0. The fourth-order valence-corrected chi connectivity index (χ4v) is 1.98. The molecule has 0 saturated heterocycles. The van der Waals surface area contributed by atoms with Gasteiger partial charge >= 0.3 is 11.9 Å². The van der Waals surface area contributed by atoms with Crippen molar-refractivity contribution in [3.63, 3.8) is 0 Å². The monoisotopic (exact) mass is 338 g/mol. The topological polar surface area (TPSA) is 118 Å². The molecule has 0 saturated carbocycles. The lowest BCUT2D eigenvalue weighted by molar-refractivity contribution is -0.131. The Kier molecular flexibility index (Phi) is 6.43. The van der Waals surface area contributed by atoms with Gasteiger partial charge in [0.05, 0.1) is 4.90 Å². The van der Waals surface area contributed by atoms with Crippen LogP contribution in [0.4, 0.5) is 0 Å². The molecule has 0 aliphatic heterocycles. The predicted molar refractivity (Wildman–Crippen MR) is 81.0 cm³/mol. The largest absolute Gasteiger partial charge is 0.478 e. The molecule has 2 rings (SSSR count). The average Bonchev–Trinajstić information content (AvgIpc) is 2.48. The van der Waals surface area contributed by atoms with Gasteiger partial charge in [0.2, 0.25) is 0 Å². The molecule has 0 aliphatic rings. The molecular formula is C15H14O7S. The molecule has 8 heteroatoms. The molecule has 0 radical (unpaired) electrons. The SMILES string of the molecule is CC(=O)Oc1ccccc1C(=O)O.O=S(=O)(O)c1ccccc1. The van der Waals surface area contributed by atoms with Crippen molar-refractivity contribution in [3.8, 4) is 5.75 Å². The number of hydrogen-bond acceptors (Lipinski definition) is 5. The number of rotatable bonds is 3. The number of para-hydroxylation sites is 1. The van der Waals surface area contributed by atoms with E-state index in [0.717, 1.165) is 0 Å². The Morgan fingerprint density at radius 2 is 1.48 bits per heavy atom. The first-order valence-electron chi connectivity index (χ1n) is 6.25. The second-order valence-electron chi connectivity index (χ2n) is 4.18. The van der Waals surface area contributed by atoms with Gasteiger partial charge in [-0.15, -0.1) is 0 Å². The lowest BCUT2D eigenvalue weighted by Gasteiger charge is -2.03. The highest BCUT2D eigenvalue weighted by Crippen LogP contribution is 2.17. The molecule has 122 valence electrons. The zero-order valence-corrected chi connectivity index (χ0v) is 12.9. The lowest BCUT2D eigenvalue weighted by Crippen LogP contribution is -2.06. The van der Waals surface area contributed by atoms with Crippen LogP contribution in [0.2, 0.25) is 0 Å². The van der Waals surface area contributed by atoms with E-state index in [1.54, 1.807) is 30.3 Å². The highest BCUT2D eigenvalue weighted by atomic mass is 32.2. The molecule has 0 atom stereocenters. The second kappa shape index (κ2) is 8.06. The molecule has 0 fully saturated rings. The molecule has 23 heavy (non-hydrogen) atoms. The Bertz CT molecular complexity index is 782. The van der Waals surface area contributed by atoms with E-state index in [4.69, 9.17) is 9.66 Å². The standard InChI is InChI=1S/C9H8O4.C6H6O3S/c1-6(10)13-8-5-3-2-4-7(8)9(11)12;7-10(8,9)6-4-2-1-3-5-6/h2-5H,1H3,(H,11,12);1-5H,(H,7,8,9). The van der Waals surface area contributed by atoms with Gasteiger partial charge in [-0.1, -0.05) is 30.3 Å². The summed E-state index contributed by atoms with van der Waals surface area (Å²) >= 11 is 0. The number of hydrogen-bond donors (Lipinski definition) is 2. The Labute approximate surface area is 132 Å². The number of esters is 1. The lowest BCUT2D eigenvalue weighted by atomic mass is 10.2. The van der Waals surface area contributed by atoms with Crippen molar-refractivity contribution in [2.24, 2.45) is 0 Å². The summed E-state index contributed by atoms with van der Waals surface area (Å²) in [7, 11) is -4.00. The smallest absolute Gasteiger partial charge is 0.339 e. The maximum absolute atomic E-state index is 10.6. The van der Waals surface area contributed by atoms with E-state index in [9.17, 15) is 18.0 Å². The predicted octanol–water partition coefficient (Wildman–Crippen LogP) is 2.24. The van der Waals surface area contributed by atoms with Gasteiger partial charge in [-0.2, -0.15) is 8.42 Å². The Morgan fingerprint density at radius 1 is 0.957 bits per heavy atom. The summed E-state index contributed by atoms with van der Waals surface area (Å²) in [5.74, 6) is -1.58. The van der Waals surface area contributed by atoms with Gasteiger partial charge in [-0.3, -0.25) is 9.35 Å². The summed E-state index contributed by atoms with van der Waals surface area (Å²) < 4.78 is 33.9. The summed E-state index contributed by atoms with van der Waals surface area (Å²) in [5, 5.41) is 8.69. The molecule has 0 aliphatic carbocycles. The number of carbonyl (C=O) groups excluding carboxylic acids is 1. The van der Waals surface area contributed by atoms with Crippen molar-refractivity contribution in [2.75, 3.05) is 0 Å². The normalized spacial score (nSPS) is 10.2. The number of benzene rings is 2. The average molecular weight is 338 g/mol. The number of carbonyl (C=O) groups is 2. The highest BCUT2D eigenvalue weighted by molar-refractivity contribution is 7.85. The van der Waals surface area contributed by atoms with Crippen LogP contribution in [0.25, 0.3) is 0 Å². The molecular weight excluding hydrogens is 324 g/mol. The highest BCUT2D eigenvalue weighted by Gasteiger charge is 2.11. The van der Waals surface area contributed by atoms with Gasteiger partial charge in [0.1, 0.15) is 11.3 Å². The van der Waals surface area contributed by atoms with Crippen LogP contribution in [0, 0.1) is 0 Å². The van der Waals surface area contributed by atoms with E-state index in [-0.39, 0.29) is 16.2 Å². The third-order valence-electron chi connectivity index (χ3n) is 2.41. The van der Waals surface area contributed by atoms with Crippen LogP contribution in [0.5, 0.6) is 5.75 Å². The number of ether oxygens (including phenoxy) is 1. The van der Waals surface area contributed by atoms with Gasteiger partial charge in [-0.25, -0.2) is 4.79 Å². The van der Waals surface area contributed by atoms with E-state index in [0.29, 0.717) is 0 Å². The zero-order chi connectivity index (χ0) is 17.5. The molecule has 2 aromatic carbocycles. The quantitative estimate of drug-likeness (QED) is 0.500. The van der Waals surface area contributed by atoms with Crippen LogP contribution in [-0.2, 0) is 14.9 Å². The van der Waals surface area contributed by atoms with Crippen molar-refractivity contribution in [2.45, 2.75) is 11.8 Å². The van der Waals surface area contributed by atoms with Gasteiger partial charge < -0.3 is 9.84 Å². The fourth-order valence-electron chi connectivity index (χ4n) is 1.48. The van der Waals surface area contributed by atoms with E-state index in [1.807, 2.05) is 0 Å². The van der Waals surface area contributed by atoms with Crippen LogP contribution in [0.3, 0.4) is 0 Å². The summed E-state index contributed by atoms with van der Waals surface area (Å²) in [5.41, 5.74) is -0.0160. The fraction of sp³-hybridized carbons (Fsp3) is 0.0667. The van der Waals surface area contributed by atoms with Crippen molar-refractivity contribution < 1.29 is 32.4 Å². The van der Waals surface area contributed by atoms with Crippen LogP contribution < -0.4 is 4.74 Å². The summed E-state index contributed by atoms with van der Waals surface area (Å²) in [6.07, 6.45) is 0. The van der Waals surface area contributed by atoms with E-state index in [1.165, 1.54) is 31.2 Å². The van der Waals surface area contributed by atoms with Crippen molar-refractivity contribution in [1.29, 1.82) is 0 Å². The Morgan fingerprint density at radius 3 is 1.91 bits per heavy atom. The van der Waals surface area contributed by atoms with Crippen molar-refractivity contribution >= 4 is 22.1 Å². The molecule has 0 heterocycles. The van der Waals surface area contributed by atoms with Gasteiger partial charge in [0.25, 0.3) is 10.1 Å². The first-order chi connectivity index (χ1) is 10.7. The van der Waals surface area contributed by atoms with Crippen LogP contribution in [0.15, 0.2) is 59.5 Å². The second-order valence-corrected chi connectivity index (χ2v) is 5.60. The Balaban J connectivity index is 0.000000238. The van der Waals surface area contributed by atoms with Crippen molar-refractivity contribution in [1.82, 2.24) is 0 Å². The van der Waals surface area contributed by atoms with Gasteiger partial charge in [0.15, 0.2) is 0 Å². The third-order valence-corrected chi connectivity index (χ3v) is 3.28. The molecule has 0 unspecified atom stereocenters. The summed E-state index contributed by atoms with van der Waals surface area (Å²) in [4.78, 5) is 21.1. The molecule has 0 spiro atoms. The molecule has 7 nitrogen and oxygen atoms in total. The van der Waals surface area contributed by atoms with Crippen molar-refractivity contribution in [3.05, 3.63) is 60.2 Å². The van der Waals surface area contributed by atoms with Crippen LogP contribution in [0.1, 0.15) is 17.3 Å². The number of carboxylic acids is 1. The van der Waals surface area contributed by atoms with E-state index < -0.39 is 22.1 Å². The minimum atomic E-state index is -4.00. The molecule has 2 N–H and O–H groups in total. The molecule has 0 amide bonds.